The third-order valence-corrected chi connectivity index (χ3v) is 4.40. The number of nitrogens with one attached hydrogen (secondary N) is 1. The molecule has 20 heavy (non-hydrogen) atoms. The van der Waals surface area contributed by atoms with Crippen LogP contribution in [0.1, 0.15) is 31.2 Å². The molecule has 0 radical (unpaired) electrons. The Balaban J connectivity index is 1.64. The standard InChI is InChI=1S/C16H22ClFN2/c17-14-6-13(7-15(18)8-14)10-20(9-12-3-4-12)11-16-2-1-5-19-16/h6-8,12,16,19H,1-5,9-11H2. The van der Waals surface area contributed by atoms with E-state index >= 15 is 0 Å². The Bertz CT molecular complexity index is 436. The Hall–Kier alpha value is -0.640. The van der Waals surface area contributed by atoms with Crippen molar-refractivity contribution in [3.63, 3.8) is 0 Å². The zero-order valence-corrected chi connectivity index (χ0v) is 12.5. The summed E-state index contributed by atoms with van der Waals surface area (Å²) < 4.78 is 13.4. The first kappa shape index (κ1) is 14.3. The maximum Gasteiger partial charge on any atom is 0.125 e. The molecule has 1 N–H and O–H groups in total. The lowest BCUT2D eigenvalue weighted by Crippen LogP contribution is -2.38. The van der Waals surface area contributed by atoms with Gasteiger partial charge in [0.05, 0.1) is 0 Å². The Morgan fingerprint density at radius 2 is 2.05 bits per heavy atom. The van der Waals surface area contributed by atoms with Crippen LogP contribution in [-0.4, -0.2) is 30.6 Å². The normalized spacial score (nSPS) is 22.6. The largest absolute Gasteiger partial charge is 0.313 e. The van der Waals surface area contributed by atoms with Crippen LogP contribution in [0.25, 0.3) is 0 Å². The van der Waals surface area contributed by atoms with Gasteiger partial charge >= 0.3 is 0 Å². The number of hydrogen-bond acceptors (Lipinski definition) is 2. The highest BCUT2D eigenvalue weighted by atomic mass is 35.5. The highest BCUT2D eigenvalue weighted by molar-refractivity contribution is 6.30. The molecule has 0 amide bonds. The Kier molecular flexibility index (Phi) is 4.59. The van der Waals surface area contributed by atoms with Gasteiger partial charge in [-0.15, -0.1) is 0 Å². The molecule has 2 nitrogen and oxygen atoms in total. The lowest BCUT2D eigenvalue weighted by Gasteiger charge is -2.26. The lowest BCUT2D eigenvalue weighted by molar-refractivity contribution is 0.231. The van der Waals surface area contributed by atoms with Crippen molar-refractivity contribution < 1.29 is 4.39 Å². The minimum Gasteiger partial charge on any atom is -0.313 e. The predicted molar refractivity (Wildman–Crippen MR) is 80.4 cm³/mol. The van der Waals surface area contributed by atoms with E-state index in [2.05, 4.69) is 10.2 Å². The van der Waals surface area contributed by atoms with Gasteiger partial charge < -0.3 is 5.32 Å². The van der Waals surface area contributed by atoms with E-state index in [9.17, 15) is 4.39 Å². The number of halogens is 2. The van der Waals surface area contributed by atoms with Gasteiger partial charge in [-0.05, 0) is 61.9 Å². The third kappa shape index (κ3) is 4.18. The van der Waals surface area contributed by atoms with Crippen molar-refractivity contribution in [3.8, 4) is 0 Å². The molecular formula is C16H22ClFN2. The first-order valence-corrected chi connectivity index (χ1v) is 7.97. The number of hydrogen-bond donors (Lipinski definition) is 1. The summed E-state index contributed by atoms with van der Waals surface area (Å²) in [4.78, 5) is 2.46. The molecule has 2 fully saturated rings. The molecule has 1 unspecified atom stereocenters. The van der Waals surface area contributed by atoms with Gasteiger partial charge in [0.2, 0.25) is 0 Å². The summed E-state index contributed by atoms with van der Waals surface area (Å²) in [5.74, 6) is 0.610. The second-order valence-corrected chi connectivity index (χ2v) is 6.64. The molecule has 1 aliphatic carbocycles. The van der Waals surface area contributed by atoms with Gasteiger partial charge in [-0.3, -0.25) is 4.90 Å². The van der Waals surface area contributed by atoms with Crippen LogP contribution >= 0.6 is 11.6 Å². The first-order valence-electron chi connectivity index (χ1n) is 7.60. The Labute approximate surface area is 125 Å². The third-order valence-electron chi connectivity index (χ3n) is 4.18. The summed E-state index contributed by atoms with van der Waals surface area (Å²) in [7, 11) is 0. The fraction of sp³-hybridized carbons (Fsp3) is 0.625. The van der Waals surface area contributed by atoms with Crippen molar-refractivity contribution in [2.75, 3.05) is 19.6 Å². The van der Waals surface area contributed by atoms with E-state index in [-0.39, 0.29) is 5.82 Å². The topological polar surface area (TPSA) is 15.3 Å². The average Bonchev–Trinajstić information content (AvgIpc) is 3.02. The monoisotopic (exact) mass is 296 g/mol. The van der Waals surface area contributed by atoms with Crippen molar-refractivity contribution >= 4 is 11.6 Å². The molecule has 1 saturated carbocycles. The van der Waals surface area contributed by atoms with Crippen LogP contribution in [0.5, 0.6) is 0 Å². The molecule has 1 heterocycles. The van der Waals surface area contributed by atoms with Crippen molar-refractivity contribution in [1.29, 1.82) is 0 Å². The quantitative estimate of drug-likeness (QED) is 0.865. The molecule has 1 aromatic carbocycles. The second-order valence-electron chi connectivity index (χ2n) is 6.21. The second kappa shape index (κ2) is 6.42. The van der Waals surface area contributed by atoms with E-state index in [1.807, 2.05) is 6.07 Å². The van der Waals surface area contributed by atoms with Crippen LogP contribution in [0.4, 0.5) is 4.39 Å². The molecule has 1 saturated heterocycles. The highest BCUT2D eigenvalue weighted by Crippen LogP contribution is 2.30. The van der Waals surface area contributed by atoms with Crippen LogP contribution in [0.2, 0.25) is 5.02 Å². The minimum atomic E-state index is -0.238. The highest BCUT2D eigenvalue weighted by Gasteiger charge is 2.26. The number of benzene rings is 1. The zero-order chi connectivity index (χ0) is 13.9. The molecule has 3 rings (SSSR count). The summed E-state index contributed by atoms with van der Waals surface area (Å²) in [6.45, 7) is 4.12. The minimum absolute atomic E-state index is 0.238. The lowest BCUT2D eigenvalue weighted by atomic mass is 10.1. The van der Waals surface area contributed by atoms with Gasteiger partial charge in [-0.2, -0.15) is 0 Å². The first-order chi connectivity index (χ1) is 9.69. The predicted octanol–water partition coefficient (Wildman–Crippen LogP) is 3.44. The van der Waals surface area contributed by atoms with Gasteiger partial charge in [0.15, 0.2) is 0 Å². The number of rotatable bonds is 6. The van der Waals surface area contributed by atoms with Crippen molar-refractivity contribution in [2.45, 2.75) is 38.3 Å². The summed E-state index contributed by atoms with van der Waals surface area (Å²) in [5, 5.41) is 4.04. The van der Waals surface area contributed by atoms with Gasteiger partial charge in [0.25, 0.3) is 0 Å². The van der Waals surface area contributed by atoms with Crippen LogP contribution < -0.4 is 5.32 Å². The Morgan fingerprint density at radius 1 is 1.20 bits per heavy atom. The fourth-order valence-corrected chi connectivity index (χ4v) is 3.30. The van der Waals surface area contributed by atoms with E-state index < -0.39 is 0 Å². The maximum atomic E-state index is 13.4. The number of nitrogens with zero attached hydrogens (tertiary/aromatic N) is 1. The summed E-state index contributed by atoms with van der Waals surface area (Å²) in [6, 6.07) is 5.45. The molecule has 1 atom stereocenters. The zero-order valence-electron chi connectivity index (χ0n) is 11.7. The molecule has 1 aliphatic heterocycles. The molecular weight excluding hydrogens is 275 g/mol. The van der Waals surface area contributed by atoms with E-state index in [1.165, 1.54) is 31.7 Å². The summed E-state index contributed by atoms with van der Waals surface area (Å²) >= 11 is 5.95. The SMILES string of the molecule is Fc1cc(Cl)cc(CN(CC2CC2)CC2CCCN2)c1. The van der Waals surface area contributed by atoms with Crippen LogP contribution in [-0.2, 0) is 6.54 Å². The molecule has 1 aromatic rings. The van der Waals surface area contributed by atoms with Gasteiger partial charge in [-0.25, -0.2) is 4.39 Å². The molecule has 0 spiro atoms. The fourth-order valence-electron chi connectivity index (χ4n) is 3.05. The molecule has 0 bridgehead atoms. The maximum absolute atomic E-state index is 13.4. The van der Waals surface area contributed by atoms with Crippen molar-refractivity contribution in [1.82, 2.24) is 10.2 Å². The average molecular weight is 297 g/mol. The smallest absolute Gasteiger partial charge is 0.125 e. The summed E-state index contributed by atoms with van der Waals surface area (Å²) in [6.07, 6.45) is 5.22. The molecule has 110 valence electrons. The molecule has 4 heteroatoms. The molecule has 0 aromatic heterocycles. The van der Waals surface area contributed by atoms with Crippen molar-refractivity contribution in [3.05, 3.63) is 34.6 Å². The van der Waals surface area contributed by atoms with Crippen molar-refractivity contribution in [2.24, 2.45) is 5.92 Å². The Morgan fingerprint density at radius 3 is 2.70 bits per heavy atom. The van der Waals surface area contributed by atoms with Gasteiger partial charge in [-0.1, -0.05) is 11.6 Å². The van der Waals surface area contributed by atoms with E-state index in [4.69, 9.17) is 11.6 Å². The van der Waals surface area contributed by atoms with Crippen LogP contribution in [0.15, 0.2) is 18.2 Å². The molecule has 2 aliphatic rings. The van der Waals surface area contributed by atoms with E-state index in [0.29, 0.717) is 11.1 Å². The van der Waals surface area contributed by atoms with Gasteiger partial charge in [0.1, 0.15) is 5.82 Å². The van der Waals surface area contributed by atoms with E-state index in [1.54, 1.807) is 6.07 Å². The van der Waals surface area contributed by atoms with Crippen LogP contribution in [0, 0.1) is 11.7 Å². The van der Waals surface area contributed by atoms with Gasteiger partial charge in [0, 0.05) is 30.7 Å². The summed E-state index contributed by atoms with van der Waals surface area (Å²) in [5.41, 5.74) is 0.980. The van der Waals surface area contributed by atoms with E-state index in [0.717, 1.165) is 37.7 Å². The van der Waals surface area contributed by atoms with Crippen LogP contribution in [0.3, 0.4) is 0 Å².